The Balaban J connectivity index is 1.53. The largest absolute Gasteiger partial charge is 0.357 e. The molecule has 0 unspecified atom stereocenters. The number of rotatable bonds is 6. The van der Waals surface area contributed by atoms with Crippen LogP contribution in [0.15, 0.2) is 59.5 Å². The third kappa shape index (κ3) is 4.63. The van der Waals surface area contributed by atoms with Crippen molar-refractivity contribution >= 4 is 29.4 Å². The number of benzene rings is 2. The van der Waals surface area contributed by atoms with E-state index in [1.807, 2.05) is 6.08 Å². The smallest absolute Gasteiger partial charge is 0.260 e. The summed E-state index contributed by atoms with van der Waals surface area (Å²) in [6.45, 7) is 10.8. The Labute approximate surface area is 195 Å². The fourth-order valence-electron chi connectivity index (χ4n) is 4.03. The van der Waals surface area contributed by atoms with E-state index >= 15 is 0 Å². The Hall–Kier alpha value is -2.92. The summed E-state index contributed by atoms with van der Waals surface area (Å²) in [5.74, 6) is 0.476. The molecule has 1 fully saturated rings. The molecular weight excluding hydrogens is 414 g/mol. The predicted octanol–water partition coefficient (Wildman–Crippen LogP) is 6.38. The van der Waals surface area contributed by atoms with Crippen LogP contribution in [0.1, 0.15) is 54.8 Å². The van der Waals surface area contributed by atoms with E-state index in [0.29, 0.717) is 5.92 Å². The summed E-state index contributed by atoms with van der Waals surface area (Å²) in [6, 6.07) is 19.2. The number of nitrogens with zero attached hydrogens (tertiary/aromatic N) is 1. The SMILES string of the molecule is CCc1ccc(N[C@@H]2NC(=O)/C(=C/c3cc(C)n(-c4ccc(C(C)C)cc4)c3C)S2)cc1. The maximum absolute atomic E-state index is 12.6. The molecule has 0 radical (unpaired) electrons. The number of carbonyl (C=O) groups is 1. The summed E-state index contributed by atoms with van der Waals surface area (Å²) in [7, 11) is 0. The summed E-state index contributed by atoms with van der Waals surface area (Å²) in [5.41, 5.74) is 7.97. The van der Waals surface area contributed by atoms with Gasteiger partial charge in [-0.2, -0.15) is 0 Å². The van der Waals surface area contributed by atoms with E-state index in [1.165, 1.54) is 22.9 Å². The second-order valence-corrected chi connectivity index (χ2v) is 9.73. The number of hydrogen-bond acceptors (Lipinski definition) is 3. The second kappa shape index (κ2) is 9.29. The topological polar surface area (TPSA) is 46.1 Å². The molecule has 0 aliphatic carbocycles. The Kier molecular flexibility index (Phi) is 6.47. The number of nitrogens with one attached hydrogen (secondary N) is 2. The van der Waals surface area contributed by atoms with Gasteiger partial charge < -0.3 is 15.2 Å². The molecular formula is C27H31N3OS. The fraction of sp³-hybridized carbons (Fsp3) is 0.296. The molecule has 2 N–H and O–H groups in total. The van der Waals surface area contributed by atoms with Gasteiger partial charge in [0, 0.05) is 22.8 Å². The Bertz CT molecular complexity index is 1140. The van der Waals surface area contributed by atoms with Crippen molar-refractivity contribution in [1.82, 2.24) is 9.88 Å². The molecule has 1 aliphatic heterocycles. The normalized spacial score (nSPS) is 17.2. The number of aromatic nitrogens is 1. The summed E-state index contributed by atoms with van der Waals surface area (Å²) in [5, 5.41) is 6.42. The minimum Gasteiger partial charge on any atom is -0.357 e. The van der Waals surface area contributed by atoms with Crippen molar-refractivity contribution in [3.63, 3.8) is 0 Å². The lowest BCUT2D eigenvalue weighted by molar-refractivity contribution is -0.116. The minimum atomic E-state index is -0.173. The summed E-state index contributed by atoms with van der Waals surface area (Å²) < 4.78 is 2.25. The highest BCUT2D eigenvalue weighted by atomic mass is 32.2. The molecule has 1 aliphatic rings. The van der Waals surface area contributed by atoms with E-state index in [9.17, 15) is 4.79 Å². The molecule has 1 amide bonds. The first-order chi connectivity index (χ1) is 15.4. The van der Waals surface area contributed by atoms with Gasteiger partial charge in [0.15, 0.2) is 5.50 Å². The summed E-state index contributed by atoms with van der Waals surface area (Å²) in [4.78, 5) is 13.3. The van der Waals surface area contributed by atoms with Crippen LogP contribution in [0.5, 0.6) is 0 Å². The highest BCUT2D eigenvalue weighted by Crippen LogP contribution is 2.32. The number of thioether (sulfide) groups is 1. The van der Waals surface area contributed by atoms with Crippen LogP contribution < -0.4 is 10.6 Å². The van der Waals surface area contributed by atoms with Crippen molar-refractivity contribution in [3.05, 3.63) is 87.6 Å². The lowest BCUT2D eigenvalue weighted by Crippen LogP contribution is -2.30. The molecule has 4 rings (SSSR count). The van der Waals surface area contributed by atoms with E-state index < -0.39 is 0 Å². The number of anilines is 1. The van der Waals surface area contributed by atoms with Gasteiger partial charge in [-0.25, -0.2) is 0 Å². The maximum Gasteiger partial charge on any atom is 0.260 e. The second-order valence-electron chi connectivity index (χ2n) is 8.58. The van der Waals surface area contributed by atoms with E-state index in [2.05, 4.69) is 104 Å². The molecule has 1 atom stereocenters. The lowest BCUT2D eigenvalue weighted by Gasteiger charge is -2.13. The van der Waals surface area contributed by atoms with Gasteiger partial charge in [0.2, 0.25) is 0 Å². The zero-order valence-corrected chi connectivity index (χ0v) is 20.2. The van der Waals surface area contributed by atoms with Crippen LogP contribution in [0.2, 0.25) is 0 Å². The standard InChI is InChI=1S/C27H31N3OS/c1-6-20-7-11-23(12-8-20)28-27-29-26(31)25(32-27)16-22-15-18(4)30(19(22)5)24-13-9-21(10-14-24)17(2)3/h7-17,27-28H,6H2,1-5H3,(H,29,31)/b25-16-/t27-/m1/s1. The van der Waals surface area contributed by atoms with E-state index in [4.69, 9.17) is 0 Å². The number of hydrogen-bond donors (Lipinski definition) is 2. The molecule has 2 heterocycles. The molecule has 5 heteroatoms. The van der Waals surface area contributed by atoms with Crippen LogP contribution in [-0.2, 0) is 11.2 Å². The molecule has 1 saturated heterocycles. The third-order valence-corrected chi connectivity index (χ3v) is 6.99. The van der Waals surface area contributed by atoms with Gasteiger partial charge in [0.25, 0.3) is 5.91 Å². The first-order valence-electron chi connectivity index (χ1n) is 11.2. The van der Waals surface area contributed by atoms with Gasteiger partial charge in [-0.15, -0.1) is 0 Å². The van der Waals surface area contributed by atoms with Crippen LogP contribution in [0, 0.1) is 13.8 Å². The molecule has 0 spiro atoms. The van der Waals surface area contributed by atoms with Crippen LogP contribution >= 0.6 is 11.8 Å². The van der Waals surface area contributed by atoms with Crippen molar-refractivity contribution in [1.29, 1.82) is 0 Å². The van der Waals surface area contributed by atoms with Gasteiger partial charge in [-0.3, -0.25) is 4.79 Å². The van der Waals surface area contributed by atoms with Gasteiger partial charge in [-0.05, 0) is 79.3 Å². The number of carbonyl (C=O) groups excluding carboxylic acids is 1. The predicted molar refractivity (Wildman–Crippen MR) is 136 cm³/mol. The zero-order chi connectivity index (χ0) is 22.8. The van der Waals surface area contributed by atoms with E-state index in [1.54, 1.807) is 0 Å². The van der Waals surface area contributed by atoms with Crippen LogP contribution in [0.3, 0.4) is 0 Å². The van der Waals surface area contributed by atoms with E-state index in [0.717, 1.165) is 39.7 Å². The molecule has 32 heavy (non-hydrogen) atoms. The van der Waals surface area contributed by atoms with Crippen molar-refractivity contribution in [2.24, 2.45) is 0 Å². The van der Waals surface area contributed by atoms with Crippen molar-refractivity contribution in [2.75, 3.05) is 5.32 Å². The molecule has 0 saturated carbocycles. The van der Waals surface area contributed by atoms with Gasteiger partial charge >= 0.3 is 0 Å². The molecule has 3 aromatic rings. The average Bonchev–Trinajstić information content (AvgIpc) is 3.26. The summed E-state index contributed by atoms with van der Waals surface area (Å²) in [6.07, 6.45) is 3.02. The average molecular weight is 446 g/mol. The molecule has 4 nitrogen and oxygen atoms in total. The molecule has 166 valence electrons. The molecule has 0 bridgehead atoms. The molecule has 2 aromatic carbocycles. The Morgan fingerprint density at radius 3 is 2.41 bits per heavy atom. The Morgan fingerprint density at radius 1 is 1.09 bits per heavy atom. The van der Waals surface area contributed by atoms with Crippen LogP contribution in [0.4, 0.5) is 5.69 Å². The van der Waals surface area contributed by atoms with Gasteiger partial charge in [0.1, 0.15) is 0 Å². The monoisotopic (exact) mass is 445 g/mol. The quantitative estimate of drug-likeness (QED) is 0.433. The first kappa shape index (κ1) is 22.3. The minimum absolute atomic E-state index is 0.0382. The maximum atomic E-state index is 12.6. The van der Waals surface area contributed by atoms with Crippen molar-refractivity contribution in [3.8, 4) is 5.69 Å². The molecule has 1 aromatic heterocycles. The van der Waals surface area contributed by atoms with Gasteiger partial charge in [-0.1, -0.05) is 56.8 Å². The first-order valence-corrected chi connectivity index (χ1v) is 12.1. The summed E-state index contributed by atoms with van der Waals surface area (Å²) >= 11 is 1.52. The highest BCUT2D eigenvalue weighted by molar-refractivity contribution is 8.05. The lowest BCUT2D eigenvalue weighted by atomic mass is 10.0. The van der Waals surface area contributed by atoms with Crippen LogP contribution in [-0.4, -0.2) is 16.0 Å². The fourth-order valence-corrected chi connectivity index (χ4v) is 5.01. The van der Waals surface area contributed by atoms with Crippen molar-refractivity contribution in [2.45, 2.75) is 52.5 Å². The number of amides is 1. The zero-order valence-electron chi connectivity index (χ0n) is 19.4. The Morgan fingerprint density at radius 2 is 1.78 bits per heavy atom. The van der Waals surface area contributed by atoms with Crippen molar-refractivity contribution < 1.29 is 4.79 Å². The van der Waals surface area contributed by atoms with Gasteiger partial charge in [0.05, 0.1) is 4.91 Å². The highest BCUT2D eigenvalue weighted by Gasteiger charge is 2.27. The third-order valence-electron chi connectivity index (χ3n) is 5.97. The van der Waals surface area contributed by atoms with Crippen LogP contribution in [0.25, 0.3) is 11.8 Å². The van der Waals surface area contributed by atoms with E-state index in [-0.39, 0.29) is 11.4 Å². The number of aryl methyl sites for hydroxylation is 2.